The molecule has 0 bridgehead atoms. The second-order valence-electron chi connectivity index (χ2n) is 6.32. The molecule has 0 spiro atoms. The Morgan fingerprint density at radius 3 is 2.81 bits per heavy atom. The highest BCUT2D eigenvalue weighted by Gasteiger charge is 2.39. The zero-order valence-electron chi connectivity index (χ0n) is 12.9. The van der Waals surface area contributed by atoms with Gasteiger partial charge >= 0.3 is 6.09 Å². The number of amides is 1. The van der Waals surface area contributed by atoms with Gasteiger partial charge in [-0.2, -0.15) is 0 Å². The molecule has 1 aliphatic heterocycles. The molecule has 1 saturated heterocycles. The Balaban J connectivity index is 2.16. The SMILES string of the molecule is COCC1CC(c2ncc(I)[nH]2)N(C(=O)OC(C)(C)C)C1. The lowest BCUT2D eigenvalue weighted by Gasteiger charge is -2.27. The summed E-state index contributed by atoms with van der Waals surface area (Å²) in [6.07, 6.45) is 2.31. The van der Waals surface area contributed by atoms with Crippen LogP contribution in [0.2, 0.25) is 0 Å². The van der Waals surface area contributed by atoms with Crippen molar-refractivity contribution in [1.82, 2.24) is 14.9 Å². The number of aromatic amines is 1. The van der Waals surface area contributed by atoms with Gasteiger partial charge in [-0.25, -0.2) is 9.78 Å². The summed E-state index contributed by atoms with van der Waals surface area (Å²) in [4.78, 5) is 21.8. The quantitative estimate of drug-likeness (QED) is 0.783. The van der Waals surface area contributed by atoms with Crippen molar-refractivity contribution in [2.45, 2.75) is 38.8 Å². The molecule has 0 radical (unpaired) electrons. The number of carbonyl (C=O) groups is 1. The number of ether oxygens (including phenoxy) is 2. The van der Waals surface area contributed by atoms with Crippen molar-refractivity contribution in [3.63, 3.8) is 0 Å². The summed E-state index contributed by atoms with van der Waals surface area (Å²) in [5.41, 5.74) is -0.501. The van der Waals surface area contributed by atoms with Gasteiger partial charge in [-0.05, 0) is 49.8 Å². The van der Waals surface area contributed by atoms with Crippen LogP contribution in [0, 0.1) is 9.62 Å². The van der Waals surface area contributed by atoms with Gasteiger partial charge in [-0.15, -0.1) is 0 Å². The number of halogens is 1. The van der Waals surface area contributed by atoms with Gasteiger partial charge < -0.3 is 14.5 Å². The fourth-order valence-electron chi connectivity index (χ4n) is 2.54. The topological polar surface area (TPSA) is 67.5 Å². The zero-order valence-corrected chi connectivity index (χ0v) is 15.0. The summed E-state index contributed by atoms with van der Waals surface area (Å²) in [5, 5.41) is 0. The third kappa shape index (κ3) is 4.32. The van der Waals surface area contributed by atoms with Crippen molar-refractivity contribution in [3.05, 3.63) is 15.7 Å². The molecule has 2 rings (SSSR count). The van der Waals surface area contributed by atoms with Crippen molar-refractivity contribution in [2.75, 3.05) is 20.3 Å². The minimum atomic E-state index is -0.501. The van der Waals surface area contributed by atoms with E-state index < -0.39 is 5.60 Å². The molecule has 1 aliphatic rings. The fraction of sp³-hybridized carbons (Fsp3) is 0.714. The Bertz CT molecular complexity index is 498. The monoisotopic (exact) mass is 407 g/mol. The van der Waals surface area contributed by atoms with Crippen LogP contribution in [0.1, 0.15) is 39.1 Å². The summed E-state index contributed by atoms with van der Waals surface area (Å²) in [6.45, 7) is 6.88. The van der Waals surface area contributed by atoms with Crippen LogP contribution in [0.15, 0.2) is 6.20 Å². The van der Waals surface area contributed by atoms with Crippen molar-refractivity contribution in [3.8, 4) is 0 Å². The first-order valence-corrected chi connectivity index (χ1v) is 8.07. The Morgan fingerprint density at radius 1 is 1.57 bits per heavy atom. The third-order valence-electron chi connectivity index (χ3n) is 3.30. The van der Waals surface area contributed by atoms with Crippen molar-refractivity contribution in [2.24, 2.45) is 5.92 Å². The molecule has 1 amide bonds. The predicted octanol–water partition coefficient (Wildman–Crippen LogP) is 2.96. The average molecular weight is 407 g/mol. The maximum Gasteiger partial charge on any atom is 0.410 e. The van der Waals surface area contributed by atoms with E-state index in [1.54, 1.807) is 18.2 Å². The van der Waals surface area contributed by atoms with E-state index in [1.807, 2.05) is 20.8 Å². The molecule has 6 nitrogen and oxygen atoms in total. The van der Waals surface area contributed by atoms with Gasteiger partial charge in [0.05, 0.1) is 22.5 Å². The minimum absolute atomic E-state index is 0.0801. The first-order valence-electron chi connectivity index (χ1n) is 6.99. The Labute approximate surface area is 138 Å². The van der Waals surface area contributed by atoms with Gasteiger partial charge in [0.1, 0.15) is 11.4 Å². The average Bonchev–Trinajstić information content (AvgIpc) is 2.93. The van der Waals surface area contributed by atoms with Crippen molar-refractivity contribution in [1.29, 1.82) is 0 Å². The molecular formula is C14H22IN3O3. The second-order valence-corrected chi connectivity index (χ2v) is 7.48. The number of nitrogens with zero attached hydrogens (tertiary/aromatic N) is 2. The first-order chi connectivity index (χ1) is 9.80. The third-order valence-corrected chi connectivity index (χ3v) is 3.85. The van der Waals surface area contributed by atoms with Gasteiger partial charge in [-0.1, -0.05) is 0 Å². The number of nitrogens with one attached hydrogen (secondary N) is 1. The molecule has 1 N–H and O–H groups in total. The van der Waals surface area contributed by atoms with E-state index in [0.29, 0.717) is 19.1 Å². The highest BCUT2D eigenvalue weighted by Crippen LogP contribution is 2.35. The standard InChI is InChI=1S/C14H22IN3O3/c1-14(2,3)21-13(19)18-7-9(8-20-4)5-10(18)12-16-6-11(15)17-12/h6,9-10H,5,7-8H2,1-4H3,(H,16,17). The van der Waals surface area contributed by atoms with Crippen molar-refractivity contribution >= 4 is 28.7 Å². The normalized spacial score (nSPS) is 22.6. The lowest BCUT2D eigenvalue weighted by atomic mass is 10.1. The van der Waals surface area contributed by atoms with E-state index in [-0.39, 0.29) is 12.1 Å². The van der Waals surface area contributed by atoms with E-state index in [2.05, 4.69) is 32.6 Å². The molecule has 2 atom stereocenters. The summed E-state index contributed by atoms with van der Waals surface area (Å²) in [7, 11) is 1.68. The lowest BCUT2D eigenvalue weighted by molar-refractivity contribution is 0.0208. The van der Waals surface area contributed by atoms with Crippen LogP contribution in [0.3, 0.4) is 0 Å². The maximum atomic E-state index is 12.4. The van der Waals surface area contributed by atoms with Crippen LogP contribution < -0.4 is 0 Å². The molecule has 21 heavy (non-hydrogen) atoms. The molecule has 1 aromatic heterocycles. The van der Waals surface area contributed by atoms with Crippen LogP contribution in [0.25, 0.3) is 0 Å². The maximum absolute atomic E-state index is 12.4. The number of rotatable bonds is 3. The van der Waals surface area contributed by atoms with Gasteiger partial charge in [0.15, 0.2) is 0 Å². The molecule has 1 fully saturated rings. The number of carbonyl (C=O) groups excluding carboxylic acids is 1. The lowest BCUT2D eigenvalue weighted by Crippen LogP contribution is -2.37. The van der Waals surface area contributed by atoms with E-state index in [1.165, 1.54) is 0 Å². The van der Waals surface area contributed by atoms with Gasteiger partial charge in [-0.3, -0.25) is 4.90 Å². The molecular weight excluding hydrogens is 385 g/mol. The van der Waals surface area contributed by atoms with Gasteiger partial charge in [0.2, 0.25) is 0 Å². The summed E-state index contributed by atoms with van der Waals surface area (Å²) in [6, 6.07) is -0.0801. The Kier molecular flexibility index (Phi) is 5.13. The Morgan fingerprint density at radius 2 is 2.29 bits per heavy atom. The second kappa shape index (κ2) is 6.51. The zero-order chi connectivity index (χ0) is 15.6. The molecule has 0 aliphatic carbocycles. The molecule has 2 heterocycles. The smallest absolute Gasteiger partial charge is 0.410 e. The molecule has 0 saturated carbocycles. The van der Waals surface area contributed by atoms with E-state index >= 15 is 0 Å². The summed E-state index contributed by atoms with van der Waals surface area (Å²) >= 11 is 2.18. The van der Waals surface area contributed by atoms with Crippen LogP contribution in [-0.4, -0.2) is 46.8 Å². The Hall–Kier alpha value is -0.830. The largest absolute Gasteiger partial charge is 0.444 e. The molecule has 0 aromatic carbocycles. The number of hydrogen-bond donors (Lipinski definition) is 1. The minimum Gasteiger partial charge on any atom is -0.444 e. The number of methoxy groups -OCH3 is 1. The van der Waals surface area contributed by atoms with E-state index in [4.69, 9.17) is 9.47 Å². The van der Waals surface area contributed by atoms with Crippen LogP contribution >= 0.6 is 22.6 Å². The number of likely N-dealkylation sites (tertiary alicyclic amines) is 1. The number of H-pyrrole nitrogens is 1. The van der Waals surface area contributed by atoms with Crippen LogP contribution in [0.4, 0.5) is 4.79 Å². The number of hydrogen-bond acceptors (Lipinski definition) is 4. The number of aromatic nitrogens is 2. The van der Waals surface area contributed by atoms with E-state index in [9.17, 15) is 4.79 Å². The summed E-state index contributed by atoms with van der Waals surface area (Å²) < 4.78 is 11.7. The molecule has 1 aromatic rings. The van der Waals surface area contributed by atoms with Gasteiger partial charge in [0, 0.05) is 19.6 Å². The predicted molar refractivity (Wildman–Crippen MR) is 87.0 cm³/mol. The van der Waals surface area contributed by atoms with Crippen LogP contribution in [-0.2, 0) is 9.47 Å². The highest BCUT2D eigenvalue weighted by atomic mass is 127. The molecule has 2 unspecified atom stereocenters. The van der Waals surface area contributed by atoms with Crippen LogP contribution in [0.5, 0.6) is 0 Å². The fourth-order valence-corrected chi connectivity index (χ4v) is 2.96. The molecule has 118 valence electrons. The number of imidazole rings is 1. The van der Waals surface area contributed by atoms with E-state index in [0.717, 1.165) is 15.9 Å². The first kappa shape index (κ1) is 16.5. The highest BCUT2D eigenvalue weighted by molar-refractivity contribution is 14.1. The summed E-state index contributed by atoms with van der Waals surface area (Å²) in [5.74, 6) is 1.11. The van der Waals surface area contributed by atoms with Gasteiger partial charge in [0.25, 0.3) is 0 Å². The van der Waals surface area contributed by atoms with Crippen molar-refractivity contribution < 1.29 is 14.3 Å². The molecule has 7 heteroatoms.